The Balaban J connectivity index is 1.59. The Labute approximate surface area is 137 Å². The van der Waals surface area contributed by atoms with Gasteiger partial charge in [0.1, 0.15) is 0 Å². The van der Waals surface area contributed by atoms with Crippen molar-refractivity contribution in [3.8, 4) is 12.1 Å². The van der Waals surface area contributed by atoms with Gasteiger partial charge in [-0.1, -0.05) is 0 Å². The fourth-order valence-corrected chi connectivity index (χ4v) is 2.74. The molecule has 2 rings (SSSR count). The van der Waals surface area contributed by atoms with Crippen LogP contribution in [0.5, 0.6) is 0 Å². The van der Waals surface area contributed by atoms with Gasteiger partial charge in [-0.3, -0.25) is 5.32 Å². The zero-order valence-electron chi connectivity index (χ0n) is 13.4. The lowest BCUT2D eigenvalue weighted by molar-refractivity contribution is -0.0482. The summed E-state index contributed by atoms with van der Waals surface area (Å²) in [7, 11) is 0. The Morgan fingerprint density at radius 1 is 0.783 bits per heavy atom. The molecule has 0 bridgehead atoms. The summed E-state index contributed by atoms with van der Waals surface area (Å²) >= 11 is 0. The van der Waals surface area contributed by atoms with Gasteiger partial charge in [0.15, 0.2) is 12.6 Å². The van der Waals surface area contributed by atoms with Crippen molar-refractivity contribution in [1.82, 2.24) is 5.32 Å². The second-order valence-corrected chi connectivity index (χ2v) is 5.73. The van der Waals surface area contributed by atoms with Crippen molar-refractivity contribution in [2.75, 3.05) is 26.4 Å². The van der Waals surface area contributed by atoms with Crippen molar-refractivity contribution in [1.29, 1.82) is 10.5 Å². The van der Waals surface area contributed by atoms with E-state index < -0.39 is 0 Å². The Hall–Kier alpha value is -1.22. The van der Waals surface area contributed by atoms with E-state index in [2.05, 4.69) is 17.5 Å². The molecule has 2 unspecified atom stereocenters. The molecule has 2 saturated heterocycles. The fourth-order valence-electron chi connectivity index (χ4n) is 2.74. The van der Waals surface area contributed by atoms with Gasteiger partial charge in [-0.2, -0.15) is 10.5 Å². The van der Waals surface area contributed by atoms with Crippen LogP contribution < -0.4 is 5.32 Å². The smallest absolute Gasteiger partial charge is 0.157 e. The van der Waals surface area contributed by atoms with Gasteiger partial charge in [0.05, 0.1) is 50.6 Å². The van der Waals surface area contributed by atoms with Crippen LogP contribution >= 0.6 is 0 Å². The topological polar surface area (TPSA) is 96.5 Å². The minimum atomic E-state index is -0.319. The van der Waals surface area contributed by atoms with Crippen molar-refractivity contribution >= 4 is 0 Å². The number of nitrogens with one attached hydrogen (secondary N) is 1. The van der Waals surface area contributed by atoms with Crippen molar-refractivity contribution < 1.29 is 18.9 Å². The van der Waals surface area contributed by atoms with Crippen LogP contribution in [-0.2, 0) is 18.9 Å². The standard InChI is InChI=1S/C16H25N3O4/c17-11-13(3-1-5-15-20-7-8-21-15)19-14(12-18)4-2-6-16-22-9-10-23-16/h13-16,19H,1-10H2. The summed E-state index contributed by atoms with van der Waals surface area (Å²) in [5.74, 6) is 0. The van der Waals surface area contributed by atoms with Crippen molar-refractivity contribution in [3.05, 3.63) is 0 Å². The highest BCUT2D eigenvalue weighted by Gasteiger charge is 2.20. The first-order chi connectivity index (χ1) is 11.3. The summed E-state index contributed by atoms with van der Waals surface area (Å²) < 4.78 is 21.5. The average Bonchev–Trinajstić information content (AvgIpc) is 3.26. The largest absolute Gasteiger partial charge is 0.350 e. The lowest BCUT2D eigenvalue weighted by Gasteiger charge is -2.17. The second kappa shape index (κ2) is 10.5. The highest BCUT2D eigenvalue weighted by atomic mass is 16.7. The van der Waals surface area contributed by atoms with Gasteiger partial charge in [-0.25, -0.2) is 0 Å². The lowest BCUT2D eigenvalue weighted by Crippen LogP contribution is -2.36. The van der Waals surface area contributed by atoms with Crippen molar-refractivity contribution in [3.63, 3.8) is 0 Å². The normalized spacial score (nSPS) is 21.8. The van der Waals surface area contributed by atoms with E-state index in [9.17, 15) is 10.5 Å². The SMILES string of the molecule is N#CC(CCCC1OCCO1)NC(C#N)CCCC1OCCO1. The van der Waals surface area contributed by atoms with Crippen molar-refractivity contribution in [2.45, 2.75) is 63.2 Å². The Bertz CT molecular complexity index is 371. The molecule has 23 heavy (non-hydrogen) atoms. The maximum absolute atomic E-state index is 9.24. The van der Waals surface area contributed by atoms with Crippen LogP contribution in [-0.4, -0.2) is 51.1 Å². The van der Waals surface area contributed by atoms with Crippen LogP contribution in [0.2, 0.25) is 0 Å². The molecule has 0 aromatic carbocycles. The highest BCUT2D eigenvalue weighted by Crippen LogP contribution is 2.15. The molecule has 0 aromatic heterocycles. The molecule has 7 heteroatoms. The van der Waals surface area contributed by atoms with E-state index in [1.54, 1.807) is 0 Å². The lowest BCUT2D eigenvalue weighted by atomic mass is 10.1. The summed E-state index contributed by atoms with van der Waals surface area (Å²) in [6.07, 6.45) is 4.34. The fraction of sp³-hybridized carbons (Fsp3) is 0.875. The van der Waals surface area contributed by atoms with Crippen molar-refractivity contribution in [2.24, 2.45) is 0 Å². The Kier molecular flexibility index (Phi) is 8.30. The van der Waals surface area contributed by atoms with Crippen LogP contribution in [0.3, 0.4) is 0 Å². The number of ether oxygens (including phenoxy) is 4. The number of hydrogen-bond donors (Lipinski definition) is 1. The molecule has 0 amide bonds. The third kappa shape index (κ3) is 6.82. The molecule has 2 fully saturated rings. The maximum atomic E-state index is 9.24. The van der Waals surface area contributed by atoms with E-state index in [1.807, 2.05) is 0 Å². The minimum absolute atomic E-state index is 0.132. The van der Waals surface area contributed by atoms with E-state index in [-0.39, 0.29) is 24.7 Å². The quantitative estimate of drug-likeness (QED) is 0.650. The summed E-state index contributed by atoms with van der Waals surface area (Å²) in [5, 5.41) is 21.6. The third-order valence-corrected chi connectivity index (χ3v) is 3.96. The van der Waals surface area contributed by atoms with Gasteiger partial charge in [0.2, 0.25) is 0 Å². The van der Waals surface area contributed by atoms with E-state index >= 15 is 0 Å². The van der Waals surface area contributed by atoms with Crippen LogP contribution in [0, 0.1) is 22.7 Å². The predicted octanol–water partition coefficient (Wildman–Crippen LogP) is 1.45. The molecule has 2 heterocycles. The van der Waals surface area contributed by atoms with Crippen LogP contribution in [0.1, 0.15) is 38.5 Å². The minimum Gasteiger partial charge on any atom is -0.350 e. The van der Waals surface area contributed by atoms with E-state index in [0.717, 1.165) is 25.7 Å². The molecule has 2 atom stereocenters. The zero-order valence-corrected chi connectivity index (χ0v) is 13.4. The third-order valence-electron chi connectivity index (χ3n) is 3.96. The number of nitrogens with zero attached hydrogens (tertiary/aromatic N) is 2. The zero-order chi connectivity index (χ0) is 16.3. The van der Waals surface area contributed by atoms with Gasteiger partial charge < -0.3 is 18.9 Å². The number of hydrogen-bond acceptors (Lipinski definition) is 7. The van der Waals surface area contributed by atoms with Gasteiger partial charge >= 0.3 is 0 Å². The maximum Gasteiger partial charge on any atom is 0.157 e. The predicted molar refractivity (Wildman–Crippen MR) is 81.0 cm³/mol. The molecule has 0 spiro atoms. The molecule has 1 N–H and O–H groups in total. The first-order valence-electron chi connectivity index (χ1n) is 8.33. The highest BCUT2D eigenvalue weighted by molar-refractivity contribution is 4.98. The first kappa shape index (κ1) is 18.1. The average molecular weight is 323 g/mol. The van der Waals surface area contributed by atoms with Gasteiger partial charge in [0, 0.05) is 0 Å². The van der Waals surface area contributed by atoms with Crippen LogP contribution in [0.4, 0.5) is 0 Å². The molecular formula is C16H25N3O4. The summed E-state index contributed by atoms with van der Waals surface area (Å²) in [5.41, 5.74) is 0. The summed E-state index contributed by atoms with van der Waals surface area (Å²) in [6, 6.07) is 3.82. The Morgan fingerprint density at radius 2 is 1.17 bits per heavy atom. The molecule has 128 valence electrons. The van der Waals surface area contributed by atoms with Gasteiger partial charge in [-0.05, 0) is 38.5 Å². The van der Waals surface area contributed by atoms with Gasteiger partial charge in [-0.15, -0.1) is 0 Å². The van der Waals surface area contributed by atoms with Gasteiger partial charge in [0.25, 0.3) is 0 Å². The monoisotopic (exact) mass is 323 g/mol. The molecule has 2 aliphatic rings. The molecule has 2 aliphatic heterocycles. The summed E-state index contributed by atoms with van der Waals surface area (Å²) in [6.45, 7) is 2.59. The molecule has 0 aliphatic carbocycles. The molecular weight excluding hydrogens is 298 g/mol. The van der Waals surface area contributed by atoms with Crippen LogP contribution in [0.25, 0.3) is 0 Å². The van der Waals surface area contributed by atoms with Crippen LogP contribution in [0.15, 0.2) is 0 Å². The number of nitriles is 2. The van der Waals surface area contributed by atoms with E-state index in [0.29, 0.717) is 39.3 Å². The second-order valence-electron chi connectivity index (χ2n) is 5.73. The molecule has 0 saturated carbocycles. The molecule has 7 nitrogen and oxygen atoms in total. The molecule has 0 aromatic rings. The van der Waals surface area contributed by atoms with E-state index in [4.69, 9.17) is 18.9 Å². The number of rotatable bonds is 10. The first-order valence-corrected chi connectivity index (χ1v) is 8.33. The molecule has 0 radical (unpaired) electrons. The Morgan fingerprint density at radius 3 is 1.52 bits per heavy atom. The summed E-state index contributed by atoms with van der Waals surface area (Å²) in [4.78, 5) is 0. The van der Waals surface area contributed by atoms with E-state index in [1.165, 1.54) is 0 Å².